The number of hydrogen-bond donors (Lipinski definition) is 1. The third-order valence-electron chi connectivity index (χ3n) is 2.79. The van der Waals surface area contributed by atoms with Crippen molar-refractivity contribution in [2.24, 2.45) is 0 Å². The average molecular weight is 267 g/mol. The zero-order chi connectivity index (χ0) is 14.3. The molecule has 1 N–H and O–H groups in total. The average Bonchev–Trinajstić information content (AvgIpc) is 2.38. The lowest BCUT2D eigenvalue weighted by molar-refractivity contribution is -0.385. The monoisotopic (exact) mass is 267 g/mol. The van der Waals surface area contributed by atoms with Gasteiger partial charge in [-0.3, -0.25) is 10.1 Å². The van der Waals surface area contributed by atoms with Crippen LogP contribution in [0.4, 0.5) is 11.4 Å². The third-order valence-corrected chi connectivity index (χ3v) is 2.79. The smallest absolute Gasteiger partial charge is 0.333 e. The summed E-state index contributed by atoms with van der Waals surface area (Å²) in [6.45, 7) is 3.85. The third kappa shape index (κ3) is 4.10. The lowest BCUT2D eigenvalue weighted by Crippen LogP contribution is -2.23. The van der Waals surface area contributed by atoms with Crippen LogP contribution in [0.5, 0.6) is 5.75 Å². The fourth-order valence-corrected chi connectivity index (χ4v) is 1.89. The normalized spacial score (nSPS) is 10.3. The molecule has 0 aliphatic rings. The molecule has 0 amide bonds. The summed E-state index contributed by atoms with van der Waals surface area (Å²) >= 11 is 0. The van der Waals surface area contributed by atoms with Crippen molar-refractivity contribution in [1.29, 1.82) is 0 Å². The van der Waals surface area contributed by atoms with Crippen molar-refractivity contribution in [3.05, 3.63) is 28.3 Å². The quantitative estimate of drug-likeness (QED) is 0.443. The number of benzene rings is 1. The fraction of sp³-hybridized carbons (Fsp3) is 0.538. The summed E-state index contributed by atoms with van der Waals surface area (Å²) in [5, 5.41) is 14.3. The second-order valence-corrected chi connectivity index (χ2v) is 4.19. The molecule has 0 radical (unpaired) electrons. The van der Waals surface area contributed by atoms with Gasteiger partial charge in [0.25, 0.3) is 0 Å². The van der Waals surface area contributed by atoms with Gasteiger partial charge in [0.15, 0.2) is 5.75 Å². The van der Waals surface area contributed by atoms with E-state index in [1.165, 1.54) is 0 Å². The number of para-hydroxylation sites is 1. The number of nitrogens with one attached hydrogen (secondary N) is 1. The highest BCUT2D eigenvalue weighted by atomic mass is 16.6. The Morgan fingerprint density at radius 3 is 2.79 bits per heavy atom. The van der Waals surface area contributed by atoms with Gasteiger partial charge in [0.1, 0.15) is 5.69 Å². The molecule has 1 aromatic rings. The maximum absolute atomic E-state index is 11.2. The Hall–Kier alpha value is -1.82. The Balaban J connectivity index is 2.98. The molecule has 0 saturated carbocycles. The molecular formula is C13H21N3O3. The molecule has 0 heterocycles. The largest absolute Gasteiger partial charge is 0.487 e. The van der Waals surface area contributed by atoms with Gasteiger partial charge in [-0.15, -0.1) is 0 Å². The Bertz CT molecular complexity index is 424. The minimum atomic E-state index is -0.380. The second kappa shape index (κ2) is 7.58. The van der Waals surface area contributed by atoms with Crippen molar-refractivity contribution in [3.8, 4) is 5.75 Å². The van der Waals surface area contributed by atoms with Crippen molar-refractivity contribution >= 4 is 11.4 Å². The predicted molar refractivity (Wildman–Crippen MR) is 76.1 cm³/mol. The van der Waals surface area contributed by atoms with Crippen LogP contribution in [0.15, 0.2) is 18.2 Å². The number of nitro benzene ring substituents is 1. The molecule has 0 aliphatic carbocycles. The minimum absolute atomic E-state index is 0.0382. The highest BCUT2D eigenvalue weighted by Crippen LogP contribution is 2.36. The maximum Gasteiger partial charge on any atom is 0.333 e. The molecular weight excluding hydrogens is 246 g/mol. The van der Waals surface area contributed by atoms with E-state index in [0.29, 0.717) is 18.0 Å². The van der Waals surface area contributed by atoms with E-state index in [1.807, 2.05) is 25.9 Å². The van der Waals surface area contributed by atoms with Gasteiger partial charge in [0.05, 0.1) is 11.5 Å². The summed E-state index contributed by atoms with van der Waals surface area (Å²) < 4.78 is 5.33. The molecule has 0 unspecified atom stereocenters. The highest BCUT2D eigenvalue weighted by Gasteiger charge is 2.22. The summed E-state index contributed by atoms with van der Waals surface area (Å²) in [4.78, 5) is 12.7. The first-order valence-corrected chi connectivity index (χ1v) is 6.37. The number of anilines is 1. The summed E-state index contributed by atoms with van der Waals surface area (Å²) in [7, 11) is 3.74. The number of hydrogen-bond acceptors (Lipinski definition) is 5. The lowest BCUT2D eigenvalue weighted by Gasteiger charge is -2.20. The molecule has 0 bridgehead atoms. The van der Waals surface area contributed by atoms with E-state index >= 15 is 0 Å². The zero-order valence-corrected chi connectivity index (χ0v) is 11.7. The van der Waals surface area contributed by atoms with Crippen LogP contribution < -0.4 is 15.0 Å². The zero-order valence-electron chi connectivity index (χ0n) is 11.7. The molecule has 6 nitrogen and oxygen atoms in total. The first kappa shape index (κ1) is 15.2. The van der Waals surface area contributed by atoms with Crippen LogP contribution >= 0.6 is 0 Å². The molecule has 0 aromatic heterocycles. The number of rotatable bonds is 8. The summed E-state index contributed by atoms with van der Waals surface area (Å²) in [6.07, 6.45) is 0.920. The summed E-state index contributed by atoms with van der Waals surface area (Å²) in [5.41, 5.74) is 0.628. The van der Waals surface area contributed by atoms with Gasteiger partial charge >= 0.3 is 5.69 Å². The van der Waals surface area contributed by atoms with E-state index in [2.05, 4.69) is 5.32 Å². The first-order valence-electron chi connectivity index (χ1n) is 6.37. The van der Waals surface area contributed by atoms with Gasteiger partial charge in [-0.2, -0.15) is 0 Å². The van der Waals surface area contributed by atoms with Gasteiger partial charge in [0.2, 0.25) is 0 Å². The lowest BCUT2D eigenvalue weighted by atomic mass is 10.2. The van der Waals surface area contributed by atoms with Crippen LogP contribution in [0.1, 0.15) is 13.3 Å². The molecule has 0 atom stereocenters. The van der Waals surface area contributed by atoms with Gasteiger partial charge in [-0.25, -0.2) is 0 Å². The molecule has 0 aliphatic heterocycles. The standard InChI is InChI=1S/C13H21N3O3/c1-4-19-12-8-5-7-11(13(12)16(17)18)15(3)10-6-9-14-2/h5,7-8,14H,4,6,9-10H2,1-3H3. The Kier molecular flexibility index (Phi) is 6.08. The molecule has 106 valence electrons. The van der Waals surface area contributed by atoms with Crippen molar-refractivity contribution < 1.29 is 9.66 Å². The van der Waals surface area contributed by atoms with Crippen LogP contribution in [-0.2, 0) is 0 Å². The molecule has 0 fully saturated rings. The molecule has 0 spiro atoms. The fourth-order valence-electron chi connectivity index (χ4n) is 1.89. The summed E-state index contributed by atoms with van der Waals surface area (Å²) in [5.74, 6) is 0.325. The number of nitro groups is 1. The maximum atomic E-state index is 11.2. The predicted octanol–water partition coefficient (Wildman–Crippen LogP) is 2.04. The summed E-state index contributed by atoms with van der Waals surface area (Å²) in [6, 6.07) is 5.16. The van der Waals surface area contributed by atoms with E-state index in [-0.39, 0.29) is 10.6 Å². The minimum Gasteiger partial charge on any atom is -0.487 e. The molecule has 6 heteroatoms. The van der Waals surface area contributed by atoms with E-state index < -0.39 is 0 Å². The van der Waals surface area contributed by atoms with Gasteiger partial charge in [0, 0.05) is 13.6 Å². The number of nitrogens with zero attached hydrogens (tertiary/aromatic N) is 2. The van der Waals surface area contributed by atoms with Crippen molar-refractivity contribution in [2.45, 2.75) is 13.3 Å². The van der Waals surface area contributed by atoms with E-state index in [1.54, 1.807) is 18.2 Å². The Morgan fingerprint density at radius 1 is 1.47 bits per heavy atom. The van der Waals surface area contributed by atoms with E-state index in [4.69, 9.17) is 4.74 Å². The van der Waals surface area contributed by atoms with Gasteiger partial charge in [-0.05, 0) is 39.1 Å². The molecule has 0 saturated heterocycles. The van der Waals surface area contributed by atoms with Crippen LogP contribution in [-0.4, -0.2) is 38.7 Å². The Labute approximate surface area is 113 Å². The van der Waals surface area contributed by atoms with Crippen LogP contribution in [0, 0.1) is 10.1 Å². The van der Waals surface area contributed by atoms with Crippen LogP contribution in [0.25, 0.3) is 0 Å². The van der Waals surface area contributed by atoms with Crippen molar-refractivity contribution in [1.82, 2.24) is 5.32 Å². The first-order chi connectivity index (χ1) is 9.11. The topological polar surface area (TPSA) is 67.6 Å². The van der Waals surface area contributed by atoms with Crippen LogP contribution in [0.2, 0.25) is 0 Å². The van der Waals surface area contributed by atoms with Gasteiger partial charge < -0.3 is 15.0 Å². The SMILES string of the molecule is CCOc1cccc(N(C)CCCNC)c1[N+](=O)[O-]. The number of ether oxygens (including phenoxy) is 1. The van der Waals surface area contributed by atoms with E-state index in [0.717, 1.165) is 19.5 Å². The van der Waals surface area contributed by atoms with Crippen molar-refractivity contribution in [2.75, 3.05) is 38.7 Å². The second-order valence-electron chi connectivity index (χ2n) is 4.19. The highest BCUT2D eigenvalue weighted by molar-refractivity contribution is 5.69. The Morgan fingerprint density at radius 2 is 2.21 bits per heavy atom. The van der Waals surface area contributed by atoms with Crippen molar-refractivity contribution in [3.63, 3.8) is 0 Å². The van der Waals surface area contributed by atoms with Crippen LogP contribution in [0.3, 0.4) is 0 Å². The molecule has 19 heavy (non-hydrogen) atoms. The van der Waals surface area contributed by atoms with Gasteiger partial charge in [-0.1, -0.05) is 6.07 Å². The molecule has 1 rings (SSSR count). The van der Waals surface area contributed by atoms with E-state index in [9.17, 15) is 10.1 Å². The molecule has 1 aromatic carbocycles.